The second-order valence-corrected chi connectivity index (χ2v) is 7.42. The van der Waals surface area contributed by atoms with Crippen LogP contribution in [0.25, 0.3) is 0 Å². The molecule has 7 atom stereocenters. The van der Waals surface area contributed by atoms with Crippen molar-refractivity contribution in [2.24, 2.45) is 35.5 Å². The van der Waals surface area contributed by atoms with E-state index in [1.807, 2.05) is 6.26 Å². The number of rotatable bonds is 3. The zero-order valence-electron chi connectivity index (χ0n) is 12.2. The predicted molar refractivity (Wildman–Crippen MR) is 77.5 cm³/mol. The Labute approximate surface area is 117 Å². The maximum atomic E-state index is 6.15. The summed E-state index contributed by atoms with van der Waals surface area (Å²) in [7, 11) is 0. The Bertz CT molecular complexity index is 421. The lowest BCUT2D eigenvalue weighted by Gasteiger charge is -2.38. The molecule has 7 unspecified atom stereocenters. The minimum Gasteiger partial charge on any atom is -0.497 e. The van der Waals surface area contributed by atoms with Gasteiger partial charge < -0.3 is 4.74 Å². The highest BCUT2D eigenvalue weighted by Crippen LogP contribution is 2.67. The van der Waals surface area contributed by atoms with Gasteiger partial charge in [0, 0.05) is 0 Å². The molecule has 4 bridgehead atoms. The third-order valence-corrected chi connectivity index (χ3v) is 6.53. The topological polar surface area (TPSA) is 9.23 Å². The Balaban J connectivity index is 1.46. The molecule has 4 rings (SSSR count). The number of fused-ring (bicyclic) bond motifs is 9. The van der Waals surface area contributed by atoms with Crippen LogP contribution in [0.3, 0.4) is 0 Å². The molecule has 0 heterocycles. The summed E-state index contributed by atoms with van der Waals surface area (Å²) in [6, 6.07) is 0. The van der Waals surface area contributed by atoms with Crippen molar-refractivity contribution in [3.63, 3.8) is 0 Å². The molecule has 19 heavy (non-hydrogen) atoms. The van der Waals surface area contributed by atoms with E-state index in [-0.39, 0.29) is 0 Å². The summed E-state index contributed by atoms with van der Waals surface area (Å²) in [6.07, 6.45) is 14.2. The van der Waals surface area contributed by atoms with Gasteiger partial charge >= 0.3 is 0 Å². The smallest absolute Gasteiger partial charge is 0.101 e. The standard InChI is InChI=1S/C18H26O/c1-3-4-11(2)10-19-16-9-14-8-15(16)18-13-6-5-12(7-13)17(14)18/h3-4,10,12-18H,5-9H2,1-2H3/b4-3+,11-10+. The molecule has 0 aliphatic heterocycles. The highest BCUT2D eigenvalue weighted by Gasteiger charge is 2.62. The molecule has 0 aromatic rings. The zero-order valence-corrected chi connectivity index (χ0v) is 12.2. The fourth-order valence-corrected chi connectivity index (χ4v) is 6.16. The van der Waals surface area contributed by atoms with Gasteiger partial charge in [0.25, 0.3) is 0 Å². The van der Waals surface area contributed by atoms with Crippen LogP contribution in [0.4, 0.5) is 0 Å². The van der Waals surface area contributed by atoms with Gasteiger partial charge in [-0.25, -0.2) is 0 Å². The molecule has 0 spiro atoms. The van der Waals surface area contributed by atoms with Crippen molar-refractivity contribution in [3.05, 3.63) is 24.0 Å². The lowest BCUT2D eigenvalue weighted by atomic mass is 9.70. The first-order chi connectivity index (χ1) is 9.28. The lowest BCUT2D eigenvalue weighted by molar-refractivity contribution is 0.0178. The van der Waals surface area contributed by atoms with Crippen molar-refractivity contribution in [1.82, 2.24) is 0 Å². The monoisotopic (exact) mass is 258 g/mol. The highest BCUT2D eigenvalue weighted by atomic mass is 16.5. The fourth-order valence-electron chi connectivity index (χ4n) is 6.16. The molecular weight excluding hydrogens is 232 g/mol. The van der Waals surface area contributed by atoms with Gasteiger partial charge in [0.05, 0.1) is 6.26 Å². The Morgan fingerprint density at radius 1 is 1.00 bits per heavy atom. The first kappa shape index (κ1) is 12.1. The van der Waals surface area contributed by atoms with Crippen LogP contribution in [0.1, 0.15) is 46.0 Å². The van der Waals surface area contributed by atoms with Gasteiger partial charge in [0.2, 0.25) is 0 Å². The number of ether oxygens (including phenoxy) is 1. The summed E-state index contributed by atoms with van der Waals surface area (Å²) in [5, 5.41) is 0. The number of allylic oxidation sites excluding steroid dienone is 3. The molecule has 4 saturated carbocycles. The fraction of sp³-hybridized carbons (Fsp3) is 0.778. The van der Waals surface area contributed by atoms with Crippen LogP contribution in [0.5, 0.6) is 0 Å². The minimum atomic E-state index is 0.533. The molecular formula is C18H26O. The summed E-state index contributed by atoms with van der Waals surface area (Å²) in [5.41, 5.74) is 1.25. The summed E-state index contributed by atoms with van der Waals surface area (Å²) in [4.78, 5) is 0. The van der Waals surface area contributed by atoms with Gasteiger partial charge in [-0.3, -0.25) is 0 Å². The normalized spacial score (nSPS) is 51.3. The quantitative estimate of drug-likeness (QED) is 0.410. The Hall–Kier alpha value is -0.720. The minimum absolute atomic E-state index is 0.533. The van der Waals surface area contributed by atoms with Crippen LogP contribution in [0, 0.1) is 35.5 Å². The molecule has 0 saturated heterocycles. The average Bonchev–Trinajstić information content (AvgIpc) is 3.14. The van der Waals surface area contributed by atoms with Crippen LogP contribution >= 0.6 is 0 Å². The van der Waals surface area contributed by atoms with Crippen LogP contribution in [-0.4, -0.2) is 6.10 Å². The van der Waals surface area contributed by atoms with Crippen molar-refractivity contribution in [2.45, 2.75) is 52.1 Å². The Morgan fingerprint density at radius 2 is 1.79 bits per heavy atom. The van der Waals surface area contributed by atoms with E-state index in [0.29, 0.717) is 6.10 Å². The van der Waals surface area contributed by atoms with E-state index in [2.05, 4.69) is 26.0 Å². The van der Waals surface area contributed by atoms with Crippen LogP contribution in [0.2, 0.25) is 0 Å². The first-order valence-corrected chi connectivity index (χ1v) is 8.23. The maximum Gasteiger partial charge on any atom is 0.101 e. The lowest BCUT2D eigenvalue weighted by Crippen LogP contribution is -2.35. The SMILES string of the molecule is C/C=C/C(C)=C/OC1CC2CC1C1C3CCC(C3)C21. The van der Waals surface area contributed by atoms with Crippen molar-refractivity contribution >= 4 is 0 Å². The van der Waals surface area contributed by atoms with Crippen LogP contribution in [-0.2, 0) is 4.74 Å². The van der Waals surface area contributed by atoms with E-state index in [9.17, 15) is 0 Å². The molecule has 1 heteroatoms. The molecule has 4 aliphatic rings. The van der Waals surface area contributed by atoms with Gasteiger partial charge in [0.1, 0.15) is 6.10 Å². The largest absolute Gasteiger partial charge is 0.497 e. The van der Waals surface area contributed by atoms with E-state index in [0.717, 1.165) is 35.5 Å². The average molecular weight is 258 g/mol. The van der Waals surface area contributed by atoms with Gasteiger partial charge in [-0.15, -0.1) is 0 Å². The molecule has 4 fully saturated rings. The van der Waals surface area contributed by atoms with Crippen LogP contribution in [0.15, 0.2) is 24.0 Å². The molecule has 0 radical (unpaired) electrons. The van der Waals surface area contributed by atoms with Gasteiger partial charge in [0.15, 0.2) is 0 Å². The number of hydrogen-bond acceptors (Lipinski definition) is 1. The van der Waals surface area contributed by atoms with Crippen molar-refractivity contribution < 1.29 is 4.74 Å². The summed E-state index contributed by atoms with van der Waals surface area (Å²) >= 11 is 0. The molecule has 0 aromatic heterocycles. The predicted octanol–water partition coefficient (Wildman–Crippen LogP) is 4.55. The molecule has 0 amide bonds. The first-order valence-electron chi connectivity index (χ1n) is 8.23. The second-order valence-electron chi connectivity index (χ2n) is 7.42. The van der Waals surface area contributed by atoms with Crippen molar-refractivity contribution in [2.75, 3.05) is 0 Å². The van der Waals surface area contributed by atoms with Gasteiger partial charge in [-0.05, 0) is 87.0 Å². The Kier molecular flexibility index (Phi) is 2.79. The Morgan fingerprint density at radius 3 is 2.58 bits per heavy atom. The number of hydrogen-bond donors (Lipinski definition) is 0. The van der Waals surface area contributed by atoms with Crippen molar-refractivity contribution in [3.8, 4) is 0 Å². The van der Waals surface area contributed by atoms with E-state index in [1.54, 1.807) is 12.8 Å². The zero-order chi connectivity index (χ0) is 13.0. The summed E-state index contributed by atoms with van der Waals surface area (Å²) < 4.78 is 6.15. The molecule has 0 aromatic carbocycles. The van der Waals surface area contributed by atoms with E-state index < -0.39 is 0 Å². The maximum absolute atomic E-state index is 6.15. The molecule has 4 aliphatic carbocycles. The summed E-state index contributed by atoms with van der Waals surface area (Å²) in [6.45, 7) is 4.20. The molecule has 0 N–H and O–H groups in total. The van der Waals surface area contributed by atoms with E-state index in [1.165, 1.54) is 24.8 Å². The van der Waals surface area contributed by atoms with Crippen molar-refractivity contribution in [1.29, 1.82) is 0 Å². The van der Waals surface area contributed by atoms with Gasteiger partial charge in [-0.2, -0.15) is 0 Å². The third-order valence-electron chi connectivity index (χ3n) is 6.53. The van der Waals surface area contributed by atoms with Crippen LogP contribution < -0.4 is 0 Å². The second kappa shape index (κ2) is 4.40. The molecule has 104 valence electrons. The molecule has 1 nitrogen and oxygen atoms in total. The summed E-state index contributed by atoms with van der Waals surface area (Å²) in [5.74, 6) is 6.20. The van der Waals surface area contributed by atoms with Gasteiger partial charge in [-0.1, -0.05) is 12.2 Å². The van der Waals surface area contributed by atoms with E-state index in [4.69, 9.17) is 4.74 Å². The third kappa shape index (κ3) is 1.73. The highest BCUT2D eigenvalue weighted by molar-refractivity contribution is 5.14. The van der Waals surface area contributed by atoms with E-state index >= 15 is 0 Å².